The summed E-state index contributed by atoms with van der Waals surface area (Å²) in [5.74, 6) is 0.449. The monoisotopic (exact) mass is 444 g/mol. The molecule has 0 bridgehead atoms. The van der Waals surface area contributed by atoms with Crippen LogP contribution < -0.4 is 10.2 Å². The minimum absolute atomic E-state index is 0.0906. The zero-order valence-corrected chi connectivity index (χ0v) is 18.1. The fourth-order valence-corrected chi connectivity index (χ4v) is 4.89. The van der Waals surface area contributed by atoms with Crippen LogP contribution in [0.5, 0.6) is 0 Å². The molecule has 3 heterocycles. The van der Waals surface area contributed by atoms with Crippen LogP contribution in [0.15, 0.2) is 65.7 Å². The van der Waals surface area contributed by atoms with E-state index >= 15 is 0 Å². The smallest absolute Gasteiger partial charge is 0.289 e. The van der Waals surface area contributed by atoms with Crippen molar-refractivity contribution in [3.8, 4) is 0 Å². The molecular weight excluding hydrogens is 424 g/mol. The lowest BCUT2D eigenvalue weighted by Gasteiger charge is -2.22. The van der Waals surface area contributed by atoms with Crippen molar-refractivity contribution in [3.63, 3.8) is 0 Å². The Kier molecular flexibility index (Phi) is 5.32. The van der Waals surface area contributed by atoms with Gasteiger partial charge in [-0.2, -0.15) is 0 Å². The van der Waals surface area contributed by atoms with Crippen LogP contribution in [0.1, 0.15) is 22.0 Å². The van der Waals surface area contributed by atoms with E-state index < -0.39 is 11.9 Å². The number of amides is 2. The van der Waals surface area contributed by atoms with E-state index in [4.69, 9.17) is 0 Å². The van der Waals surface area contributed by atoms with E-state index in [1.807, 2.05) is 54.6 Å². The summed E-state index contributed by atoms with van der Waals surface area (Å²) in [6, 6.07) is 16.8. The second kappa shape index (κ2) is 8.43. The molecule has 0 saturated heterocycles. The van der Waals surface area contributed by atoms with Crippen molar-refractivity contribution in [2.24, 2.45) is 0 Å². The number of hydrogen-bond donors (Lipinski definition) is 2. The quantitative estimate of drug-likeness (QED) is 0.502. The number of carbonyl (C=O) groups excluding carboxylic acids is 2. The van der Waals surface area contributed by atoms with Gasteiger partial charge in [-0.1, -0.05) is 30.3 Å². The largest absolute Gasteiger partial charge is 0.337 e. The average Bonchev–Trinajstić information content (AvgIpc) is 3.25. The molecular formula is C23H20N6O2S. The lowest BCUT2D eigenvalue weighted by Crippen LogP contribution is -2.48. The van der Waals surface area contributed by atoms with Gasteiger partial charge in [0.25, 0.3) is 5.91 Å². The Morgan fingerprint density at radius 1 is 1.16 bits per heavy atom. The first-order valence-electron chi connectivity index (χ1n) is 10.1. The number of hydrogen-bond acceptors (Lipinski definition) is 6. The molecule has 2 aromatic heterocycles. The highest BCUT2D eigenvalue weighted by molar-refractivity contribution is 7.99. The maximum Gasteiger partial charge on any atom is 0.289 e. The van der Waals surface area contributed by atoms with Crippen molar-refractivity contribution in [1.29, 1.82) is 0 Å². The third-order valence-corrected chi connectivity index (χ3v) is 6.50. The number of likely N-dealkylation sites (N-methyl/N-ethyl adjacent to an activating group) is 1. The maximum absolute atomic E-state index is 13.2. The van der Waals surface area contributed by atoms with Gasteiger partial charge in [-0.25, -0.2) is 0 Å². The summed E-state index contributed by atoms with van der Waals surface area (Å²) < 4.78 is 0. The van der Waals surface area contributed by atoms with E-state index in [1.165, 1.54) is 11.8 Å². The Balaban J connectivity index is 1.33. The van der Waals surface area contributed by atoms with Crippen LogP contribution in [-0.2, 0) is 11.2 Å². The van der Waals surface area contributed by atoms with Crippen LogP contribution in [0.4, 0.5) is 5.69 Å². The number of benzene rings is 2. The minimum Gasteiger partial charge on any atom is -0.337 e. The molecule has 160 valence electrons. The zero-order valence-electron chi connectivity index (χ0n) is 17.3. The minimum atomic E-state index is -0.695. The lowest BCUT2D eigenvalue weighted by atomic mass is 10.1. The normalized spacial score (nSPS) is 16.0. The van der Waals surface area contributed by atoms with Crippen molar-refractivity contribution in [2.75, 3.05) is 17.7 Å². The summed E-state index contributed by atoms with van der Waals surface area (Å²) in [4.78, 5) is 35.9. The van der Waals surface area contributed by atoms with Gasteiger partial charge >= 0.3 is 0 Å². The molecule has 8 nitrogen and oxygen atoms in total. The van der Waals surface area contributed by atoms with Crippen LogP contribution >= 0.6 is 11.8 Å². The molecule has 1 unspecified atom stereocenters. The molecule has 5 rings (SSSR count). The number of aromatic nitrogens is 4. The number of thioether (sulfide) groups is 1. The molecule has 0 aliphatic carbocycles. The lowest BCUT2D eigenvalue weighted by molar-refractivity contribution is -0.119. The Hall–Kier alpha value is -3.72. The van der Waals surface area contributed by atoms with Crippen molar-refractivity contribution in [3.05, 3.63) is 78.0 Å². The molecule has 4 aromatic rings. The highest BCUT2D eigenvalue weighted by Crippen LogP contribution is 2.38. The summed E-state index contributed by atoms with van der Waals surface area (Å²) in [5.41, 5.74) is 2.70. The van der Waals surface area contributed by atoms with Gasteiger partial charge in [0, 0.05) is 35.7 Å². The van der Waals surface area contributed by atoms with Crippen molar-refractivity contribution in [1.82, 2.24) is 25.5 Å². The molecule has 2 aromatic carbocycles. The van der Waals surface area contributed by atoms with Crippen LogP contribution in [0.3, 0.4) is 0 Å². The van der Waals surface area contributed by atoms with Gasteiger partial charge in [-0.05, 0) is 29.8 Å². The molecule has 0 spiro atoms. The molecule has 2 amide bonds. The zero-order chi connectivity index (χ0) is 22.1. The molecule has 9 heteroatoms. The van der Waals surface area contributed by atoms with Gasteiger partial charge in [-0.3, -0.25) is 14.6 Å². The van der Waals surface area contributed by atoms with Gasteiger partial charge in [0.15, 0.2) is 0 Å². The van der Waals surface area contributed by atoms with Crippen LogP contribution in [0.25, 0.3) is 10.9 Å². The second-order valence-electron chi connectivity index (χ2n) is 7.50. The van der Waals surface area contributed by atoms with Crippen LogP contribution in [0, 0.1) is 0 Å². The summed E-state index contributed by atoms with van der Waals surface area (Å²) in [6.45, 7) is 0. The molecule has 1 aliphatic heterocycles. The highest BCUT2D eigenvalue weighted by atomic mass is 32.2. The summed E-state index contributed by atoms with van der Waals surface area (Å²) >= 11 is 1.53. The molecule has 1 aliphatic rings. The molecule has 2 N–H and O–H groups in total. The number of aromatic amines is 1. The number of pyridine rings is 1. The highest BCUT2D eigenvalue weighted by Gasteiger charge is 2.31. The third-order valence-electron chi connectivity index (χ3n) is 5.36. The van der Waals surface area contributed by atoms with Crippen molar-refractivity contribution in [2.45, 2.75) is 17.4 Å². The van der Waals surface area contributed by atoms with E-state index in [9.17, 15) is 9.59 Å². The fourth-order valence-electron chi connectivity index (χ4n) is 3.77. The van der Waals surface area contributed by atoms with E-state index in [0.29, 0.717) is 18.0 Å². The number of fused-ring (bicyclic) bond motifs is 3. The summed E-state index contributed by atoms with van der Waals surface area (Å²) in [7, 11) is 1.73. The molecule has 0 fully saturated rings. The molecule has 0 saturated carbocycles. The molecule has 1 atom stereocenters. The predicted molar refractivity (Wildman–Crippen MR) is 123 cm³/mol. The summed E-state index contributed by atoms with van der Waals surface area (Å²) in [5, 5.41) is 11.8. The maximum atomic E-state index is 13.2. The Morgan fingerprint density at radius 2 is 2.00 bits per heavy atom. The molecule has 32 heavy (non-hydrogen) atoms. The van der Waals surface area contributed by atoms with Gasteiger partial charge in [0.2, 0.25) is 11.7 Å². The molecule has 0 radical (unpaired) electrons. The topological polar surface area (TPSA) is 104 Å². The number of anilines is 1. The second-order valence-corrected chi connectivity index (χ2v) is 8.56. The predicted octanol–water partition coefficient (Wildman–Crippen LogP) is 2.81. The number of H-pyrrole nitrogens is 1. The first-order chi connectivity index (χ1) is 15.6. The fraction of sp³-hybridized carbons (Fsp3) is 0.174. The van der Waals surface area contributed by atoms with Gasteiger partial charge in [0.1, 0.15) is 11.9 Å². The number of rotatable bonds is 4. The van der Waals surface area contributed by atoms with E-state index in [2.05, 4.69) is 25.5 Å². The van der Waals surface area contributed by atoms with Crippen LogP contribution in [-0.4, -0.2) is 50.8 Å². The van der Waals surface area contributed by atoms with Crippen molar-refractivity contribution >= 4 is 40.2 Å². The van der Waals surface area contributed by atoms with Gasteiger partial charge in [0.05, 0.1) is 11.2 Å². The van der Waals surface area contributed by atoms with E-state index in [-0.39, 0.29) is 11.7 Å². The summed E-state index contributed by atoms with van der Waals surface area (Å²) in [6.07, 6.45) is 2.27. The first kappa shape index (κ1) is 20.2. The van der Waals surface area contributed by atoms with Crippen molar-refractivity contribution < 1.29 is 9.59 Å². The number of nitrogens with zero attached hydrogens (tertiary/aromatic N) is 4. The SMILES string of the molecule is CN1C(=O)C(NC(=O)c2nnc(Cc3ccccc3)[nH]2)CSc2ccc3ncccc3c21. The number of carbonyl (C=O) groups is 2. The first-order valence-corrected chi connectivity index (χ1v) is 11.1. The van der Waals surface area contributed by atoms with E-state index in [1.54, 1.807) is 18.1 Å². The van der Waals surface area contributed by atoms with Gasteiger partial charge < -0.3 is 15.2 Å². The van der Waals surface area contributed by atoms with Crippen LogP contribution in [0.2, 0.25) is 0 Å². The standard InChI is InChI=1S/C23H20N6O2S/c1-29-20-15-8-5-11-24-16(15)9-10-18(20)32-13-17(23(29)31)25-22(30)21-26-19(27-28-21)12-14-6-3-2-4-7-14/h2-11,17H,12-13H2,1H3,(H,25,30)(H,26,27,28). The average molecular weight is 445 g/mol. The van der Waals surface area contributed by atoms with E-state index in [0.717, 1.165) is 27.0 Å². The Morgan fingerprint density at radius 3 is 2.84 bits per heavy atom. The Labute approximate surface area is 188 Å². The third kappa shape index (κ3) is 3.82. The van der Waals surface area contributed by atoms with Gasteiger partial charge in [-0.15, -0.1) is 22.0 Å². The Bertz CT molecular complexity index is 1310. The number of nitrogens with one attached hydrogen (secondary N) is 2.